The predicted octanol–water partition coefficient (Wildman–Crippen LogP) is 5.98. The average Bonchev–Trinajstić information content (AvgIpc) is 3.09. The molecule has 9 heteroatoms. The van der Waals surface area contributed by atoms with E-state index in [-0.39, 0.29) is 33.6 Å². The van der Waals surface area contributed by atoms with Crippen LogP contribution in [0.1, 0.15) is 30.0 Å². The molecule has 1 amide bonds. The van der Waals surface area contributed by atoms with E-state index in [0.29, 0.717) is 11.3 Å². The zero-order valence-electron chi connectivity index (χ0n) is 15.5. The third-order valence-corrected chi connectivity index (χ3v) is 4.96. The smallest absolute Gasteiger partial charge is 0.326 e. The number of rotatable bonds is 4. The lowest BCUT2D eigenvalue weighted by atomic mass is 9.91. The number of benzene rings is 2. The fraction of sp³-hybridized carbons (Fsp3) is 0.250. The number of carbonyl (C=O) groups is 1. The van der Waals surface area contributed by atoms with Crippen LogP contribution in [-0.2, 0) is 15.2 Å². The van der Waals surface area contributed by atoms with E-state index in [4.69, 9.17) is 28.0 Å². The molecule has 0 aromatic heterocycles. The van der Waals surface area contributed by atoms with Crippen molar-refractivity contribution in [2.45, 2.75) is 32.0 Å². The minimum atomic E-state index is -4.79. The monoisotopic (exact) mass is 444 g/mol. The Bertz CT molecular complexity index is 972. The van der Waals surface area contributed by atoms with E-state index < -0.39 is 11.8 Å². The van der Waals surface area contributed by atoms with E-state index in [1.807, 2.05) is 0 Å². The van der Waals surface area contributed by atoms with Gasteiger partial charge in [-0.1, -0.05) is 42.3 Å². The van der Waals surface area contributed by atoms with Crippen LogP contribution in [0.15, 0.2) is 42.5 Å². The Kier molecular flexibility index (Phi) is 5.85. The number of aryl methyl sites for hydroxylation is 1. The predicted molar refractivity (Wildman–Crippen MR) is 106 cm³/mol. The first-order valence-electron chi connectivity index (χ1n) is 8.67. The lowest BCUT2D eigenvalue weighted by Gasteiger charge is -2.28. The molecule has 0 fully saturated rings. The molecule has 0 spiro atoms. The third kappa shape index (κ3) is 4.22. The van der Waals surface area contributed by atoms with Crippen molar-refractivity contribution in [3.05, 3.63) is 69.2 Å². The van der Waals surface area contributed by atoms with Crippen LogP contribution in [0.2, 0.25) is 10.0 Å². The van der Waals surface area contributed by atoms with Crippen molar-refractivity contribution in [3.63, 3.8) is 0 Å². The molecule has 1 unspecified atom stereocenters. The van der Waals surface area contributed by atoms with E-state index in [9.17, 15) is 18.0 Å². The Morgan fingerprint density at radius 1 is 1.17 bits per heavy atom. The second kappa shape index (κ2) is 7.89. The van der Waals surface area contributed by atoms with Gasteiger partial charge in [-0.2, -0.15) is 13.2 Å². The summed E-state index contributed by atoms with van der Waals surface area (Å²) in [5.74, 6) is -0.201. The summed E-state index contributed by atoms with van der Waals surface area (Å²) in [7, 11) is 0. The van der Waals surface area contributed by atoms with Gasteiger partial charge < -0.3 is 5.32 Å². The number of anilines is 1. The quantitative estimate of drug-likeness (QED) is 0.609. The van der Waals surface area contributed by atoms with Crippen molar-refractivity contribution in [3.8, 4) is 0 Å². The van der Waals surface area contributed by atoms with Crippen LogP contribution in [0.5, 0.6) is 0 Å². The van der Waals surface area contributed by atoms with E-state index in [1.165, 1.54) is 6.07 Å². The van der Waals surface area contributed by atoms with Crippen molar-refractivity contribution in [2.24, 2.45) is 0 Å². The highest BCUT2D eigenvalue weighted by Crippen LogP contribution is 2.48. The van der Waals surface area contributed by atoms with Gasteiger partial charge in [0.15, 0.2) is 0 Å². The molecule has 154 valence electrons. The van der Waals surface area contributed by atoms with Gasteiger partial charge in [-0.05, 0) is 42.8 Å². The molecule has 4 nitrogen and oxygen atoms in total. The molecule has 0 radical (unpaired) electrons. The molecule has 1 aliphatic heterocycles. The Balaban J connectivity index is 2.08. The molecule has 2 N–H and O–H groups in total. The van der Waals surface area contributed by atoms with Crippen LogP contribution in [0.25, 0.3) is 5.70 Å². The van der Waals surface area contributed by atoms with Crippen LogP contribution < -0.4 is 10.8 Å². The molecular weight excluding hydrogens is 428 g/mol. The van der Waals surface area contributed by atoms with Crippen molar-refractivity contribution in [2.75, 3.05) is 5.32 Å². The molecule has 0 aliphatic carbocycles. The van der Waals surface area contributed by atoms with E-state index in [1.54, 1.807) is 32.0 Å². The summed E-state index contributed by atoms with van der Waals surface area (Å²) >= 11 is 11.8. The highest BCUT2D eigenvalue weighted by atomic mass is 35.5. The SMILES string of the molecule is CCC(=O)Nc1cc(C2=CC(c3cc(Cl)cc(Cl)c3)(C(F)(F)F)ON2)ccc1C. The minimum Gasteiger partial charge on any atom is -0.326 e. The normalized spacial score (nSPS) is 18.9. The molecule has 3 rings (SSSR count). The summed E-state index contributed by atoms with van der Waals surface area (Å²) in [5, 5.41) is 2.84. The highest BCUT2D eigenvalue weighted by molar-refractivity contribution is 6.34. The van der Waals surface area contributed by atoms with Gasteiger partial charge in [-0.15, -0.1) is 0 Å². The maximum absolute atomic E-state index is 14.1. The van der Waals surface area contributed by atoms with Gasteiger partial charge >= 0.3 is 6.18 Å². The molecule has 1 aliphatic rings. The van der Waals surface area contributed by atoms with Crippen molar-refractivity contribution in [1.82, 2.24) is 5.48 Å². The topological polar surface area (TPSA) is 50.4 Å². The Morgan fingerprint density at radius 3 is 2.41 bits per heavy atom. The van der Waals surface area contributed by atoms with Gasteiger partial charge in [0.1, 0.15) is 0 Å². The lowest BCUT2D eigenvalue weighted by molar-refractivity contribution is -0.269. The number of amides is 1. The summed E-state index contributed by atoms with van der Waals surface area (Å²) in [5.41, 5.74) is 1.15. The summed E-state index contributed by atoms with van der Waals surface area (Å²) in [6.45, 7) is 3.49. The van der Waals surface area contributed by atoms with Crippen LogP contribution in [0.4, 0.5) is 18.9 Å². The minimum absolute atomic E-state index is 0.0569. The van der Waals surface area contributed by atoms with Gasteiger partial charge in [0.2, 0.25) is 11.5 Å². The summed E-state index contributed by atoms with van der Waals surface area (Å²) in [6.07, 6.45) is -3.58. The molecule has 1 atom stereocenters. The number of halogens is 5. The second-order valence-electron chi connectivity index (χ2n) is 6.59. The fourth-order valence-electron chi connectivity index (χ4n) is 2.92. The van der Waals surface area contributed by atoms with E-state index in [2.05, 4.69) is 10.8 Å². The van der Waals surface area contributed by atoms with E-state index >= 15 is 0 Å². The third-order valence-electron chi connectivity index (χ3n) is 4.53. The van der Waals surface area contributed by atoms with Crippen molar-refractivity contribution >= 4 is 40.5 Å². The maximum atomic E-state index is 14.1. The van der Waals surface area contributed by atoms with Gasteiger partial charge in [-0.3, -0.25) is 15.1 Å². The number of hydrogen-bond acceptors (Lipinski definition) is 3. The van der Waals surface area contributed by atoms with Gasteiger partial charge in [0.05, 0.1) is 5.70 Å². The molecule has 1 heterocycles. The zero-order valence-corrected chi connectivity index (χ0v) is 17.0. The average molecular weight is 445 g/mol. The standard InChI is InChI=1S/C20H17Cl2F3N2O2/c1-3-18(28)26-16-6-12(5-4-11(16)2)17-10-19(29-27-17,20(23,24)25)13-7-14(21)9-15(22)8-13/h4-10,27H,3H2,1-2H3,(H,26,28). The zero-order chi connectivity index (χ0) is 21.4. The number of nitrogens with one attached hydrogen (secondary N) is 2. The molecule has 0 saturated heterocycles. The molecule has 2 aromatic carbocycles. The Morgan fingerprint density at radius 2 is 1.83 bits per heavy atom. The first-order chi connectivity index (χ1) is 13.6. The summed E-state index contributed by atoms with van der Waals surface area (Å²) in [4.78, 5) is 16.8. The maximum Gasteiger partial charge on any atom is 0.428 e. The van der Waals surface area contributed by atoms with Gasteiger partial charge in [-0.25, -0.2) is 0 Å². The number of carbonyl (C=O) groups excluding carboxylic acids is 1. The molecule has 29 heavy (non-hydrogen) atoms. The first-order valence-corrected chi connectivity index (χ1v) is 9.42. The summed E-state index contributed by atoms with van der Waals surface area (Å²) in [6, 6.07) is 8.58. The van der Waals surface area contributed by atoms with Gasteiger partial charge in [0, 0.05) is 33.3 Å². The van der Waals surface area contributed by atoms with Crippen molar-refractivity contribution < 1.29 is 22.8 Å². The van der Waals surface area contributed by atoms with Crippen LogP contribution in [-0.4, -0.2) is 12.1 Å². The van der Waals surface area contributed by atoms with Crippen molar-refractivity contribution in [1.29, 1.82) is 0 Å². The summed E-state index contributed by atoms with van der Waals surface area (Å²) < 4.78 is 42.2. The van der Waals surface area contributed by atoms with Gasteiger partial charge in [0.25, 0.3) is 0 Å². The Labute approximate surface area is 175 Å². The van der Waals surface area contributed by atoms with E-state index in [0.717, 1.165) is 23.8 Å². The molecule has 2 aromatic rings. The number of hydrogen-bond donors (Lipinski definition) is 2. The van der Waals surface area contributed by atoms with Crippen LogP contribution in [0.3, 0.4) is 0 Å². The highest BCUT2D eigenvalue weighted by Gasteiger charge is 2.59. The fourth-order valence-corrected chi connectivity index (χ4v) is 3.44. The lowest BCUT2D eigenvalue weighted by Crippen LogP contribution is -2.42. The number of hydroxylamine groups is 1. The largest absolute Gasteiger partial charge is 0.428 e. The van der Waals surface area contributed by atoms with Crippen LogP contribution in [0, 0.1) is 6.92 Å². The Hall–Kier alpha value is -2.22. The van der Waals surface area contributed by atoms with Crippen LogP contribution >= 0.6 is 23.2 Å². The first kappa shape index (κ1) is 21.5. The second-order valence-corrected chi connectivity index (χ2v) is 7.46. The molecule has 0 bridgehead atoms. The molecule has 0 saturated carbocycles. The molecular formula is C20H17Cl2F3N2O2. The number of alkyl halides is 3.